The van der Waals surface area contributed by atoms with E-state index < -0.39 is 12.0 Å². The summed E-state index contributed by atoms with van der Waals surface area (Å²) in [5, 5.41) is 9.06. The highest BCUT2D eigenvalue weighted by Gasteiger charge is 2.25. The molecule has 2 rings (SSSR count). The van der Waals surface area contributed by atoms with Gasteiger partial charge in [0.15, 0.2) is 0 Å². The predicted molar refractivity (Wildman–Crippen MR) is 81.7 cm³/mol. The van der Waals surface area contributed by atoms with Crippen LogP contribution in [0.1, 0.15) is 18.1 Å². The largest absolute Gasteiger partial charge is 0.496 e. The topological polar surface area (TPSA) is 53.0 Å². The number of hydrogen-bond donors (Lipinski definition) is 1. The maximum atomic E-state index is 11.0. The number of aliphatic carboxylic acids is 1. The van der Waals surface area contributed by atoms with E-state index in [0.717, 1.165) is 38.5 Å². The molecule has 1 heterocycles. The number of hydrogen-bond acceptors (Lipinski definition) is 4. The quantitative estimate of drug-likeness (QED) is 0.893. The SMILES string of the molecule is COc1ccc(C)cc1CN1CCN(C(C)C(=O)O)CC1. The summed E-state index contributed by atoms with van der Waals surface area (Å²) < 4.78 is 5.42. The molecule has 1 saturated heterocycles. The van der Waals surface area contributed by atoms with Crippen LogP contribution in [0.2, 0.25) is 0 Å². The van der Waals surface area contributed by atoms with Crippen LogP contribution in [0.25, 0.3) is 0 Å². The van der Waals surface area contributed by atoms with Gasteiger partial charge in [-0.25, -0.2) is 0 Å². The van der Waals surface area contributed by atoms with Crippen molar-refractivity contribution >= 4 is 5.97 Å². The van der Waals surface area contributed by atoms with Gasteiger partial charge < -0.3 is 9.84 Å². The van der Waals surface area contributed by atoms with Crippen LogP contribution in [0.3, 0.4) is 0 Å². The molecule has 5 nitrogen and oxygen atoms in total. The van der Waals surface area contributed by atoms with Gasteiger partial charge >= 0.3 is 5.97 Å². The molecule has 1 atom stereocenters. The first-order valence-electron chi connectivity index (χ1n) is 7.34. The molecule has 1 aromatic carbocycles. The van der Waals surface area contributed by atoms with Gasteiger partial charge in [-0.3, -0.25) is 14.6 Å². The number of ether oxygens (including phenoxy) is 1. The summed E-state index contributed by atoms with van der Waals surface area (Å²) in [6.45, 7) is 8.03. The third-order valence-corrected chi connectivity index (χ3v) is 4.14. The van der Waals surface area contributed by atoms with E-state index in [-0.39, 0.29) is 0 Å². The molecule has 0 bridgehead atoms. The fourth-order valence-corrected chi connectivity index (χ4v) is 2.74. The van der Waals surface area contributed by atoms with E-state index in [1.165, 1.54) is 11.1 Å². The Morgan fingerprint density at radius 3 is 2.57 bits per heavy atom. The van der Waals surface area contributed by atoms with Crippen molar-refractivity contribution in [2.24, 2.45) is 0 Å². The van der Waals surface area contributed by atoms with Crippen molar-refractivity contribution in [1.29, 1.82) is 0 Å². The molecule has 1 fully saturated rings. The third-order valence-electron chi connectivity index (χ3n) is 4.14. The molecular formula is C16H24N2O3. The average molecular weight is 292 g/mol. The molecule has 1 aromatic rings. The first-order chi connectivity index (χ1) is 10.0. The number of carboxylic acid groups (broad SMARTS) is 1. The van der Waals surface area contributed by atoms with Crippen molar-refractivity contribution in [3.05, 3.63) is 29.3 Å². The lowest BCUT2D eigenvalue weighted by Crippen LogP contribution is -2.51. The Bertz CT molecular complexity index is 496. The molecule has 0 aliphatic carbocycles. The molecule has 5 heteroatoms. The molecule has 1 N–H and O–H groups in total. The van der Waals surface area contributed by atoms with Crippen molar-refractivity contribution in [2.45, 2.75) is 26.4 Å². The van der Waals surface area contributed by atoms with Gasteiger partial charge in [-0.15, -0.1) is 0 Å². The maximum Gasteiger partial charge on any atom is 0.320 e. The summed E-state index contributed by atoms with van der Waals surface area (Å²) in [7, 11) is 1.70. The van der Waals surface area contributed by atoms with Crippen LogP contribution in [0.15, 0.2) is 18.2 Å². The third kappa shape index (κ3) is 3.95. The zero-order valence-electron chi connectivity index (χ0n) is 13.0. The number of nitrogens with zero attached hydrogens (tertiary/aromatic N) is 2. The smallest absolute Gasteiger partial charge is 0.320 e. The Morgan fingerprint density at radius 2 is 2.00 bits per heavy atom. The van der Waals surface area contributed by atoms with Gasteiger partial charge in [-0.1, -0.05) is 17.7 Å². The lowest BCUT2D eigenvalue weighted by atomic mass is 10.1. The molecule has 0 amide bonds. The highest BCUT2D eigenvalue weighted by atomic mass is 16.5. The second-order valence-electron chi connectivity index (χ2n) is 5.64. The van der Waals surface area contributed by atoms with E-state index in [2.05, 4.69) is 24.0 Å². The Labute approximate surface area is 126 Å². The highest BCUT2D eigenvalue weighted by molar-refractivity contribution is 5.72. The maximum absolute atomic E-state index is 11.0. The highest BCUT2D eigenvalue weighted by Crippen LogP contribution is 2.22. The summed E-state index contributed by atoms with van der Waals surface area (Å²) in [6, 6.07) is 5.81. The number of rotatable bonds is 5. The lowest BCUT2D eigenvalue weighted by molar-refractivity contribution is -0.143. The number of benzene rings is 1. The van der Waals surface area contributed by atoms with E-state index in [9.17, 15) is 4.79 Å². The van der Waals surface area contributed by atoms with Crippen molar-refractivity contribution in [3.63, 3.8) is 0 Å². The average Bonchev–Trinajstić information content (AvgIpc) is 2.47. The standard InChI is InChI=1S/C16H24N2O3/c1-12-4-5-15(21-3)14(10-12)11-17-6-8-18(9-7-17)13(2)16(19)20/h4-5,10,13H,6-9,11H2,1-3H3,(H,19,20). The Kier molecular flexibility index (Phi) is 5.20. The van der Waals surface area contributed by atoms with Crippen LogP contribution in [-0.2, 0) is 11.3 Å². The van der Waals surface area contributed by atoms with Crippen molar-refractivity contribution < 1.29 is 14.6 Å². The van der Waals surface area contributed by atoms with Gasteiger partial charge in [0.2, 0.25) is 0 Å². The number of aryl methyl sites for hydroxylation is 1. The molecule has 0 aromatic heterocycles. The zero-order valence-corrected chi connectivity index (χ0v) is 13.0. The molecule has 0 spiro atoms. The minimum atomic E-state index is -0.746. The van der Waals surface area contributed by atoms with Crippen LogP contribution >= 0.6 is 0 Å². The van der Waals surface area contributed by atoms with Crippen LogP contribution < -0.4 is 4.74 Å². The lowest BCUT2D eigenvalue weighted by Gasteiger charge is -2.36. The Balaban J connectivity index is 1.95. The van der Waals surface area contributed by atoms with Gasteiger partial charge in [-0.05, 0) is 19.9 Å². The van der Waals surface area contributed by atoms with Crippen molar-refractivity contribution in [2.75, 3.05) is 33.3 Å². The molecule has 1 unspecified atom stereocenters. The molecule has 116 valence electrons. The molecule has 0 radical (unpaired) electrons. The first-order valence-corrected chi connectivity index (χ1v) is 7.34. The normalized spacial score (nSPS) is 18.4. The van der Waals surface area contributed by atoms with Crippen LogP contribution in [-0.4, -0.2) is 60.2 Å². The second kappa shape index (κ2) is 6.91. The fourth-order valence-electron chi connectivity index (χ4n) is 2.74. The van der Waals surface area contributed by atoms with Crippen molar-refractivity contribution in [3.8, 4) is 5.75 Å². The molecule has 1 aliphatic heterocycles. The van der Waals surface area contributed by atoms with E-state index in [0.29, 0.717) is 0 Å². The van der Waals surface area contributed by atoms with Gasteiger partial charge in [0.1, 0.15) is 11.8 Å². The van der Waals surface area contributed by atoms with Gasteiger partial charge in [0.25, 0.3) is 0 Å². The minimum absolute atomic E-state index is 0.402. The van der Waals surface area contributed by atoms with E-state index in [1.54, 1.807) is 14.0 Å². The van der Waals surface area contributed by atoms with Crippen molar-refractivity contribution in [1.82, 2.24) is 9.80 Å². The van der Waals surface area contributed by atoms with Crippen LogP contribution in [0, 0.1) is 6.92 Å². The van der Waals surface area contributed by atoms with Gasteiger partial charge in [0, 0.05) is 38.3 Å². The second-order valence-corrected chi connectivity index (χ2v) is 5.64. The van der Waals surface area contributed by atoms with Crippen LogP contribution in [0.4, 0.5) is 0 Å². The summed E-state index contributed by atoms with van der Waals surface area (Å²) in [5.41, 5.74) is 2.42. The fraction of sp³-hybridized carbons (Fsp3) is 0.562. The Morgan fingerprint density at radius 1 is 1.33 bits per heavy atom. The summed E-state index contributed by atoms with van der Waals surface area (Å²) >= 11 is 0. The molecule has 0 saturated carbocycles. The van der Waals surface area contributed by atoms with Gasteiger partial charge in [-0.2, -0.15) is 0 Å². The number of piperazine rings is 1. The number of methoxy groups -OCH3 is 1. The number of carboxylic acids is 1. The van der Waals surface area contributed by atoms with E-state index in [4.69, 9.17) is 9.84 Å². The monoisotopic (exact) mass is 292 g/mol. The van der Waals surface area contributed by atoms with E-state index in [1.807, 2.05) is 11.0 Å². The summed E-state index contributed by atoms with van der Waals surface area (Å²) in [6.07, 6.45) is 0. The van der Waals surface area contributed by atoms with Crippen LogP contribution in [0.5, 0.6) is 5.75 Å². The molecular weight excluding hydrogens is 268 g/mol. The first kappa shape index (κ1) is 15.8. The Hall–Kier alpha value is -1.59. The molecule has 1 aliphatic rings. The predicted octanol–water partition coefficient (Wildman–Crippen LogP) is 1.59. The number of carbonyl (C=O) groups is 1. The minimum Gasteiger partial charge on any atom is -0.496 e. The van der Waals surface area contributed by atoms with Gasteiger partial charge in [0.05, 0.1) is 7.11 Å². The summed E-state index contributed by atoms with van der Waals surface area (Å²) in [5.74, 6) is 0.172. The molecule has 21 heavy (non-hydrogen) atoms. The summed E-state index contributed by atoms with van der Waals surface area (Å²) in [4.78, 5) is 15.4. The van der Waals surface area contributed by atoms with E-state index >= 15 is 0 Å². The zero-order chi connectivity index (χ0) is 15.4.